The summed E-state index contributed by atoms with van der Waals surface area (Å²) in [6.07, 6.45) is 0. The normalized spacial score (nSPS) is 21.9. The number of anilines is 1. The molecule has 1 unspecified atom stereocenters. The van der Waals surface area contributed by atoms with E-state index in [-0.39, 0.29) is 5.82 Å². The number of likely N-dealkylation sites (N-methyl/N-ethyl adjacent to an activating group) is 1. The van der Waals surface area contributed by atoms with Gasteiger partial charge in [0.25, 0.3) is 0 Å². The minimum Gasteiger partial charge on any atom is -0.369 e. The van der Waals surface area contributed by atoms with E-state index in [1.807, 2.05) is 12.1 Å². The van der Waals surface area contributed by atoms with Crippen LogP contribution in [0.4, 0.5) is 10.1 Å². The van der Waals surface area contributed by atoms with Crippen LogP contribution in [0.1, 0.15) is 19.4 Å². The van der Waals surface area contributed by atoms with Crippen molar-refractivity contribution in [1.29, 1.82) is 0 Å². The largest absolute Gasteiger partial charge is 0.369 e. The van der Waals surface area contributed by atoms with Gasteiger partial charge in [0.2, 0.25) is 0 Å². The summed E-state index contributed by atoms with van der Waals surface area (Å²) in [6.45, 7) is 10.4. The molecule has 0 spiro atoms. The summed E-state index contributed by atoms with van der Waals surface area (Å²) in [5.41, 5.74) is 1.73. The molecule has 1 aliphatic heterocycles. The molecule has 0 amide bonds. The number of aryl methyl sites for hydroxylation is 1. The Labute approximate surface area is 103 Å². The summed E-state index contributed by atoms with van der Waals surface area (Å²) < 4.78 is 13.5. The van der Waals surface area contributed by atoms with Crippen LogP contribution in [-0.2, 0) is 0 Å². The first-order valence-corrected chi connectivity index (χ1v) is 6.37. The third-order valence-corrected chi connectivity index (χ3v) is 3.69. The highest BCUT2D eigenvalue weighted by Gasteiger charge is 2.22. The molecule has 1 fully saturated rings. The van der Waals surface area contributed by atoms with Gasteiger partial charge in [0.1, 0.15) is 5.82 Å². The molecule has 2 rings (SSSR count). The maximum Gasteiger partial charge on any atom is 0.128 e. The van der Waals surface area contributed by atoms with E-state index >= 15 is 0 Å². The van der Waals surface area contributed by atoms with Gasteiger partial charge in [-0.2, -0.15) is 0 Å². The number of hydrogen-bond donors (Lipinski definition) is 0. The monoisotopic (exact) mass is 236 g/mol. The van der Waals surface area contributed by atoms with E-state index in [4.69, 9.17) is 0 Å². The Kier molecular flexibility index (Phi) is 3.67. The lowest BCUT2D eigenvalue weighted by Gasteiger charge is -2.40. The van der Waals surface area contributed by atoms with Crippen LogP contribution in [0, 0.1) is 12.7 Å². The highest BCUT2D eigenvalue weighted by Crippen LogP contribution is 2.21. The van der Waals surface area contributed by atoms with Gasteiger partial charge >= 0.3 is 0 Å². The molecule has 1 aromatic carbocycles. The molecule has 0 bridgehead atoms. The van der Waals surface area contributed by atoms with Gasteiger partial charge in [-0.1, -0.05) is 13.0 Å². The van der Waals surface area contributed by atoms with Crippen LogP contribution in [0.15, 0.2) is 18.2 Å². The van der Waals surface area contributed by atoms with Gasteiger partial charge in [0.15, 0.2) is 0 Å². The summed E-state index contributed by atoms with van der Waals surface area (Å²) in [5, 5.41) is 0. The topological polar surface area (TPSA) is 6.48 Å². The lowest BCUT2D eigenvalue weighted by atomic mass is 10.1. The predicted molar refractivity (Wildman–Crippen MR) is 70.1 cm³/mol. The van der Waals surface area contributed by atoms with E-state index in [2.05, 4.69) is 23.6 Å². The van der Waals surface area contributed by atoms with E-state index < -0.39 is 0 Å². The molecule has 0 radical (unpaired) electrons. The molecule has 0 aromatic heterocycles. The fourth-order valence-electron chi connectivity index (χ4n) is 2.48. The Balaban J connectivity index is 2.11. The molecule has 3 heteroatoms. The first-order chi connectivity index (χ1) is 8.11. The second-order valence-electron chi connectivity index (χ2n) is 4.86. The summed E-state index contributed by atoms with van der Waals surface area (Å²) in [6, 6.07) is 6.08. The number of piperazine rings is 1. The number of rotatable bonds is 2. The smallest absolute Gasteiger partial charge is 0.128 e. The molecular formula is C14H21FN2. The number of hydrogen-bond acceptors (Lipinski definition) is 2. The lowest BCUT2D eigenvalue weighted by molar-refractivity contribution is 0.199. The summed E-state index contributed by atoms with van der Waals surface area (Å²) in [5.74, 6) is -0.104. The Bertz CT molecular complexity index is 392. The van der Waals surface area contributed by atoms with Gasteiger partial charge < -0.3 is 4.90 Å². The van der Waals surface area contributed by atoms with E-state index in [0.717, 1.165) is 31.9 Å². The van der Waals surface area contributed by atoms with Crippen LogP contribution in [0.2, 0.25) is 0 Å². The number of benzene rings is 1. The standard InChI is InChI=1S/C14H21FN2/c1-4-16-7-8-17(10-12(16)3)13-6-5-11(2)14(15)9-13/h5-6,9,12H,4,7-8,10H2,1-3H3. The van der Waals surface area contributed by atoms with E-state index in [9.17, 15) is 4.39 Å². The fourth-order valence-corrected chi connectivity index (χ4v) is 2.48. The van der Waals surface area contributed by atoms with Crippen molar-refractivity contribution < 1.29 is 4.39 Å². The minimum atomic E-state index is -0.104. The van der Waals surface area contributed by atoms with Crippen LogP contribution >= 0.6 is 0 Å². The molecule has 0 aliphatic carbocycles. The van der Waals surface area contributed by atoms with Crippen molar-refractivity contribution in [2.75, 3.05) is 31.1 Å². The summed E-state index contributed by atoms with van der Waals surface area (Å²) in [4.78, 5) is 4.74. The van der Waals surface area contributed by atoms with Gasteiger partial charge in [-0.15, -0.1) is 0 Å². The van der Waals surface area contributed by atoms with Gasteiger partial charge in [-0.05, 0) is 38.1 Å². The summed E-state index contributed by atoms with van der Waals surface area (Å²) >= 11 is 0. The first kappa shape index (κ1) is 12.4. The Morgan fingerprint density at radius 3 is 2.71 bits per heavy atom. The maximum absolute atomic E-state index is 13.5. The zero-order valence-electron chi connectivity index (χ0n) is 10.9. The third-order valence-electron chi connectivity index (χ3n) is 3.69. The van der Waals surface area contributed by atoms with Gasteiger partial charge in [0.05, 0.1) is 0 Å². The van der Waals surface area contributed by atoms with Gasteiger partial charge in [0, 0.05) is 31.4 Å². The molecule has 1 heterocycles. The van der Waals surface area contributed by atoms with Gasteiger partial charge in [-0.3, -0.25) is 4.90 Å². The molecule has 1 aliphatic rings. The van der Waals surface area contributed by atoms with Crippen molar-refractivity contribution in [3.8, 4) is 0 Å². The molecule has 94 valence electrons. The van der Waals surface area contributed by atoms with Crippen molar-refractivity contribution in [3.63, 3.8) is 0 Å². The minimum absolute atomic E-state index is 0.104. The Morgan fingerprint density at radius 2 is 2.12 bits per heavy atom. The second kappa shape index (κ2) is 5.05. The predicted octanol–water partition coefficient (Wildman–Crippen LogP) is 2.66. The molecule has 0 N–H and O–H groups in total. The van der Waals surface area contributed by atoms with E-state index in [1.165, 1.54) is 0 Å². The second-order valence-corrected chi connectivity index (χ2v) is 4.86. The van der Waals surface area contributed by atoms with Crippen LogP contribution in [0.25, 0.3) is 0 Å². The van der Waals surface area contributed by atoms with Crippen molar-refractivity contribution in [3.05, 3.63) is 29.6 Å². The number of nitrogens with zero attached hydrogens (tertiary/aromatic N) is 2. The van der Waals surface area contributed by atoms with Crippen LogP contribution in [0.5, 0.6) is 0 Å². The first-order valence-electron chi connectivity index (χ1n) is 6.37. The van der Waals surface area contributed by atoms with Crippen LogP contribution < -0.4 is 4.90 Å². The zero-order chi connectivity index (χ0) is 12.4. The highest BCUT2D eigenvalue weighted by molar-refractivity contribution is 5.48. The van der Waals surface area contributed by atoms with Crippen molar-refractivity contribution >= 4 is 5.69 Å². The molecule has 0 saturated carbocycles. The van der Waals surface area contributed by atoms with Crippen molar-refractivity contribution in [2.45, 2.75) is 26.8 Å². The van der Waals surface area contributed by atoms with Gasteiger partial charge in [-0.25, -0.2) is 4.39 Å². The third kappa shape index (κ3) is 2.60. The van der Waals surface area contributed by atoms with E-state index in [0.29, 0.717) is 11.6 Å². The Hall–Kier alpha value is -1.09. The Morgan fingerprint density at radius 1 is 1.35 bits per heavy atom. The van der Waals surface area contributed by atoms with E-state index in [1.54, 1.807) is 13.0 Å². The quantitative estimate of drug-likeness (QED) is 0.779. The lowest BCUT2D eigenvalue weighted by Crippen LogP contribution is -2.51. The van der Waals surface area contributed by atoms with Crippen LogP contribution in [0.3, 0.4) is 0 Å². The fraction of sp³-hybridized carbons (Fsp3) is 0.571. The molecule has 1 saturated heterocycles. The molecule has 1 atom stereocenters. The average molecular weight is 236 g/mol. The maximum atomic E-state index is 13.5. The SMILES string of the molecule is CCN1CCN(c2ccc(C)c(F)c2)CC1C. The molecule has 1 aromatic rings. The number of halogens is 1. The van der Waals surface area contributed by atoms with Crippen molar-refractivity contribution in [2.24, 2.45) is 0 Å². The zero-order valence-corrected chi connectivity index (χ0v) is 10.9. The highest BCUT2D eigenvalue weighted by atomic mass is 19.1. The van der Waals surface area contributed by atoms with Crippen molar-refractivity contribution in [1.82, 2.24) is 4.90 Å². The average Bonchev–Trinajstić information content (AvgIpc) is 2.32. The molecule has 2 nitrogen and oxygen atoms in total. The summed E-state index contributed by atoms with van der Waals surface area (Å²) in [7, 11) is 0. The van der Waals surface area contributed by atoms with Crippen LogP contribution in [-0.4, -0.2) is 37.1 Å². The molecule has 17 heavy (non-hydrogen) atoms. The molecular weight excluding hydrogens is 215 g/mol.